The lowest BCUT2D eigenvalue weighted by molar-refractivity contribution is -0.384. The zero-order valence-electron chi connectivity index (χ0n) is 12.4. The summed E-state index contributed by atoms with van der Waals surface area (Å²) in [6, 6.07) is 8.47. The first-order valence-corrected chi connectivity index (χ1v) is 7.84. The molecule has 0 aliphatic carbocycles. The highest BCUT2D eigenvalue weighted by atomic mass is 35.5. The molecule has 1 amide bonds. The van der Waals surface area contributed by atoms with Crippen LogP contribution >= 0.6 is 34.8 Å². The summed E-state index contributed by atoms with van der Waals surface area (Å²) < 4.78 is 5.24. The number of ether oxygens (including phenoxy) is 1. The van der Waals surface area contributed by atoms with Gasteiger partial charge in [-0.3, -0.25) is 14.9 Å². The maximum absolute atomic E-state index is 11.7. The first-order valence-electron chi connectivity index (χ1n) is 6.70. The summed E-state index contributed by atoms with van der Waals surface area (Å²) in [6.45, 7) is -0.338. The van der Waals surface area contributed by atoms with Gasteiger partial charge in [-0.2, -0.15) is 5.10 Å². The fourth-order valence-corrected chi connectivity index (χ4v) is 2.24. The molecule has 0 atom stereocenters. The number of nitro groups is 1. The zero-order chi connectivity index (χ0) is 18.4. The van der Waals surface area contributed by atoms with E-state index in [4.69, 9.17) is 39.5 Å². The molecule has 2 rings (SSSR count). The van der Waals surface area contributed by atoms with Gasteiger partial charge in [-0.15, -0.1) is 0 Å². The number of halogens is 3. The third kappa shape index (κ3) is 5.60. The average Bonchev–Trinajstić information content (AvgIpc) is 2.57. The first kappa shape index (κ1) is 19.0. The number of nitrogens with one attached hydrogen (secondary N) is 1. The molecule has 0 aliphatic rings. The minimum Gasteiger partial charge on any atom is -0.482 e. The summed E-state index contributed by atoms with van der Waals surface area (Å²) in [6.07, 6.45) is 1.34. The molecule has 0 heterocycles. The molecule has 2 aromatic carbocycles. The Morgan fingerprint density at radius 1 is 1.16 bits per heavy atom. The average molecular weight is 403 g/mol. The summed E-state index contributed by atoms with van der Waals surface area (Å²) in [5, 5.41) is 15.0. The van der Waals surface area contributed by atoms with E-state index in [9.17, 15) is 14.9 Å². The van der Waals surface area contributed by atoms with Gasteiger partial charge < -0.3 is 4.74 Å². The molecule has 2 aromatic rings. The van der Waals surface area contributed by atoms with E-state index in [2.05, 4.69) is 10.5 Å². The fourth-order valence-electron chi connectivity index (χ4n) is 1.65. The molecule has 0 saturated heterocycles. The molecule has 0 spiro atoms. The number of nitrogens with zero attached hydrogens (tertiary/aromatic N) is 2. The number of nitro benzene ring substituents is 1. The van der Waals surface area contributed by atoms with Gasteiger partial charge in [0.1, 0.15) is 5.75 Å². The largest absolute Gasteiger partial charge is 0.482 e. The van der Waals surface area contributed by atoms with Gasteiger partial charge in [0.25, 0.3) is 11.6 Å². The predicted molar refractivity (Wildman–Crippen MR) is 95.8 cm³/mol. The summed E-state index contributed by atoms with van der Waals surface area (Å²) in [4.78, 5) is 21.7. The van der Waals surface area contributed by atoms with E-state index < -0.39 is 10.8 Å². The molecule has 0 unspecified atom stereocenters. The Balaban J connectivity index is 1.86. The highest BCUT2D eigenvalue weighted by Crippen LogP contribution is 2.33. The lowest BCUT2D eigenvalue weighted by atomic mass is 10.2. The highest BCUT2D eigenvalue weighted by Gasteiger charge is 2.09. The van der Waals surface area contributed by atoms with Crippen LogP contribution in [0.25, 0.3) is 0 Å². The molecule has 7 nitrogen and oxygen atoms in total. The minimum absolute atomic E-state index is 0.0342. The molecule has 1 N–H and O–H groups in total. The van der Waals surface area contributed by atoms with Gasteiger partial charge in [0.2, 0.25) is 0 Å². The Hall–Kier alpha value is -2.35. The summed E-state index contributed by atoms with van der Waals surface area (Å²) >= 11 is 17.6. The third-order valence-electron chi connectivity index (χ3n) is 2.84. The van der Waals surface area contributed by atoms with E-state index in [1.807, 2.05) is 0 Å². The minimum atomic E-state index is -0.527. The first-order chi connectivity index (χ1) is 11.9. The van der Waals surface area contributed by atoms with Crippen molar-refractivity contribution in [1.82, 2.24) is 5.43 Å². The van der Waals surface area contributed by atoms with E-state index >= 15 is 0 Å². The van der Waals surface area contributed by atoms with Crippen molar-refractivity contribution in [2.75, 3.05) is 6.61 Å². The second-order valence-corrected chi connectivity index (χ2v) is 5.85. The Morgan fingerprint density at radius 3 is 2.44 bits per heavy atom. The van der Waals surface area contributed by atoms with Crippen molar-refractivity contribution in [3.05, 3.63) is 67.1 Å². The second kappa shape index (κ2) is 8.66. The molecule has 10 heteroatoms. The maximum Gasteiger partial charge on any atom is 0.277 e. The van der Waals surface area contributed by atoms with Crippen molar-refractivity contribution in [3.63, 3.8) is 0 Å². The number of hydrazone groups is 1. The Kier molecular flexibility index (Phi) is 6.58. The second-order valence-electron chi connectivity index (χ2n) is 4.63. The van der Waals surface area contributed by atoms with Crippen LogP contribution in [0, 0.1) is 10.1 Å². The van der Waals surface area contributed by atoms with Crippen molar-refractivity contribution in [2.24, 2.45) is 5.10 Å². The van der Waals surface area contributed by atoms with Gasteiger partial charge in [-0.05, 0) is 23.8 Å². The van der Waals surface area contributed by atoms with E-state index in [0.717, 1.165) is 0 Å². The van der Waals surface area contributed by atoms with Crippen molar-refractivity contribution in [2.45, 2.75) is 0 Å². The number of non-ortho nitro benzene ring substituents is 1. The SMILES string of the molecule is O=C(COc1cc(Cl)c(Cl)cc1Cl)NN=Cc1ccc([N+](=O)[O-])cc1. The van der Waals surface area contributed by atoms with Crippen LogP contribution < -0.4 is 10.2 Å². The number of hydrogen-bond donors (Lipinski definition) is 1. The monoisotopic (exact) mass is 401 g/mol. The smallest absolute Gasteiger partial charge is 0.277 e. The molecule has 0 radical (unpaired) electrons. The van der Waals surface area contributed by atoms with Crippen LogP contribution in [0.1, 0.15) is 5.56 Å². The van der Waals surface area contributed by atoms with Crippen LogP contribution in [0.3, 0.4) is 0 Å². The summed E-state index contributed by atoms with van der Waals surface area (Å²) in [7, 11) is 0. The normalized spacial score (nSPS) is 10.7. The van der Waals surface area contributed by atoms with Gasteiger partial charge in [0, 0.05) is 18.2 Å². The van der Waals surface area contributed by atoms with Crippen molar-refractivity contribution in [1.29, 1.82) is 0 Å². The molecule has 0 aromatic heterocycles. The van der Waals surface area contributed by atoms with Gasteiger partial charge in [-0.1, -0.05) is 34.8 Å². The predicted octanol–water partition coefficient (Wildman–Crippen LogP) is 4.08. The number of carbonyl (C=O) groups is 1. The van der Waals surface area contributed by atoms with E-state index in [-0.39, 0.29) is 33.1 Å². The van der Waals surface area contributed by atoms with Crippen LogP contribution in [0.4, 0.5) is 5.69 Å². The lowest BCUT2D eigenvalue weighted by Gasteiger charge is -2.08. The number of carbonyl (C=O) groups excluding carboxylic acids is 1. The fraction of sp³-hybridized carbons (Fsp3) is 0.0667. The third-order valence-corrected chi connectivity index (χ3v) is 3.86. The molecule has 0 saturated carbocycles. The van der Waals surface area contributed by atoms with Crippen molar-refractivity contribution in [3.8, 4) is 5.75 Å². The van der Waals surface area contributed by atoms with Crippen LogP contribution in [0.15, 0.2) is 41.5 Å². The molecule has 130 valence electrons. The van der Waals surface area contributed by atoms with Crippen LogP contribution in [-0.4, -0.2) is 23.7 Å². The van der Waals surface area contributed by atoms with Crippen LogP contribution in [0.5, 0.6) is 5.75 Å². The van der Waals surface area contributed by atoms with E-state index in [1.54, 1.807) is 0 Å². The van der Waals surface area contributed by atoms with Gasteiger partial charge in [0.05, 0.1) is 26.2 Å². The summed E-state index contributed by atoms with van der Waals surface area (Å²) in [5.74, 6) is -0.314. The van der Waals surface area contributed by atoms with Gasteiger partial charge in [0.15, 0.2) is 6.61 Å². The lowest BCUT2D eigenvalue weighted by Crippen LogP contribution is -2.24. The van der Waals surface area contributed by atoms with Crippen LogP contribution in [0.2, 0.25) is 15.1 Å². The number of amides is 1. The van der Waals surface area contributed by atoms with E-state index in [0.29, 0.717) is 5.56 Å². The van der Waals surface area contributed by atoms with Gasteiger partial charge >= 0.3 is 0 Å². The van der Waals surface area contributed by atoms with Crippen LogP contribution in [-0.2, 0) is 4.79 Å². The Labute approximate surface area is 157 Å². The molecule has 0 bridgehead atoms. The molecular formula is C15H10Cl3N3O4. The van der Waals surface area contributed by atoms with E-state index in [1.165, 1.54) is 42.6 Å². The molecule has 0 aliphatic heterocycles. The van der Waals surface area contributed by atoms with Crippen molar-refractivity contribution < 1.29 is 14.5 Å². The Morgan fingerprint density at radius 2 is 1.80 bits per heavy atom. The number of rotatable bonds is 6. The zero-order valence-corrected chi connectivity index (χ0v) is 14.7. The molecular weight excluding hydrogens is 393 g/mol. The summed E-state index contributed by atoms with van der Waals surface area (Å²) in [5.41, 5.74) is 2.80. The standard InChI is InChI=1S/C15H10Cl3N3O4/c16-11-5-13(18)14(6-12(11)17)25-8-15(22)20-19-7-9-1-3-10(4-2-9)21(23)24/h1-7H,8H2,(H,20,22). The molecule has 25 heavy (non-hydrogen) atoms. The number of benzene rings is 2. The Bertz CT molecular complexity index is 826. The molecule has 0 fully saturated rings. The quantitative estimate of drug-likeness (QED) is 0.341. The van der Waals surface area contributed by atoms with Crippen molar-refractivity contribution >= 4 is 52.6 Å². The topological polar surface area (TPSA) is 93.8 Å². The number of hydrogen-bond acceptors (Lipinski definition) is 5. The maximum atomic E-state index is 11.7. The highest BCUT2D eigenvalue weighted by molar-refractivity contribution is 6.43. The van der Waals surface area contributed by atoms with Gasteiger partial charge in [-0.25, -0.2) is 5.43 Å².